The molecule has 0 radical (unpaired) electrons. The second kappa shape index (κ2) is 15.7. The van der Waals surface area contributed by atoms with Crippen LogP contribution in [0.5, 0.6) is 0 Å². The van der Waals surface area contributed by atoms with E-state index in [1.807, 2.05) is 0 Å². The van der Waals surface area contributed by atoms with Crippen molar-refractivity contribution in [3.8, 4) is 33.4 Å². The molecule has 330 valence electrons. The van der Waals surface area contributed by atoms with Crippen LogP contribution in [0.25, 0.3) is 76.5 Å². The fourth-order valence-corrected chi connectivity index (χ4v) is 11.6. The zero-order valence-corrected chi connectivity index (χ0v) is 38.9. The van der Waals surface area contributed by atoms with Crippen LogP contribution in [0.3, 0.4) is 0 Å². The Labute approximate surface area is 407 Å². The van der Waals surface area contributed by atoms with Crippen LogP contribution >= 0.6 is 0 Å². The Bertz CT molecular complexity index is 3980. The minimum atomic E-state index is 1.11. The van der Waals surface area contributed by atoms with Gasteiger partial charge in [0.1, 0.15) is 0 Å². The highest BCUT2D eigenvalue weighted by atomic mass is 15.3. The summed E-state index contributed by atoms with van der Waals surface area (Å²) in [6.07, 6.45) is 0. The molecule has 70 heavy (non-hydrogen) atoms. The molecule has 0 saturated heterocycles. The van der Waals surface area contributed by atoms with Gasteiger partial charge in [-0.15, -0.1) is 0 Å². The van der Waals surface area contributed by atoms with E-state index in [1.54, 1.807) is 0 Å². The van der Waals surface area contributed by atoms with Gasteiger partial charge in [-0.05, 0) is 161 Å². The van der Waals surface area contributed by atoms with Crippen molar-refractivity contribution in [1.29, 1.82) is 0 Å². The van der Waals surface area contributed by atoms with Crippen LogP contribution in [-0.2, 0) is 0 Å². The van der Waals surface area contributed by atoms with Crippen molar-refractivity contribution in [3.63, 3.8) is 0 Å². The molecule has 12 aromatic carbocycles. The summed E-state index contributed by atoms with van der Waals surface area (Å²) in [7, 11) is 4.35. The van der Waals surface area contributed by atoms with Gasteiger partial charge in [-0.1, -0.05) is 158 Å². The first-order chi connectivity index (χ1) is 34.6. The van der Waals surface area contributed by atoms with Crippen LogP contribution in [0.15, 0.2) is 243 Å². The van der Waals surface area contributed by atoms with Crippen molar-refractivity contribution in [2.75, 3.05) is 33.7 Å². The molecule has 0 unspecified atom stereocenters. The highest BCUT2D eigenvalue weighted by molar-refractivity contribution is 6.25. The minimum Gasteiger partial charge on any atom is -0.341 e. The lowest BCUT2D eigenvalue weighted by Crippen LogP contribution is -2.24. The number of anilines is 10. The third kappa shape index (κ3) is 6.10. The van der Waals surface area contributed by atoms with Gasteiger partial charge in [0.2, 0.25) is 0 Å². The third-order valence-electron chi connectivity index (χ3n) is 14.8. The van der Waals surface area contributed by atoms with Gasteiger partial charge < -0.3 is 19.6 Å². The Hall–Kier alpha value is -9.12. The molecular formula is C66H46N4. The topological polar surface area (TPSA) is 13.0 Å². The van der Waals surface area contributed by atoms with Crippen LogP contribution in [-0.4, -0.2) is 14.1 Å². The number of para-hydroxylation sites is 8. The molecule has 0 amide bonds. The first-order valence-corrected chi connectivity index (χ1v) is 24.1. The first kappa shape index (κ1) is 40.0. The highest BCUT2D eigenvalue weighted by Gasteiger charge is 2.30. The van der Waals surface area contributed by atoms with E-state index in [0.717, 1.165) is 34.1 Å². The number of benzene rings is 12. The molecule has 0 fully saturated rings. The number of rotatable bonds is 5. The second-order valence-corrected chi connectivity index (χ2v) is 18.6. The van der Waals surface area contributed by atoms with Crippen molar-refractivity contribution in [1.82, 2.24) is 0 Å². The van der Waals surface area contributed by atoms with E-state index < -0.39 is 0 Å². The monoisotopic (exact) mass is 894 g/mol. The van der Waals surface area contributed by atoms with Crippen LogP contribution in [0, 0.1) is 0 Å². The molecule has 0 bridgehead atoms. The molecule has 4 heteroatoms. The molecular weight excluding hydrogens is 849 g/mol. The Kier molecular flexibility index (Phi) is 8.99. The number of nitrogens with zero attached hydrogens (tertiary/aromatic N) is 4. The quantitative estimate of drug-likeness (QED) is 0.160. The van der Waals surface area contributed by atoms with Gasteiger partial charge in [-0.25, -0.2) is 0 Å². The molecule has 14 rings (SSSR count). The molecule has 0 N–H and O–H groups in total. The summed E-state index contributed by atoms with van der Waals surface area (Å²) in [5.74, 6) is 0. The minimum absolute atomic E-state index is 1.11. The molecule has 0 spiro atoms. The normalized spacial score (nSPS) is 12.9. The zero-order chi connectivity index (χ0) is 46.5. The van der Waals surface area contributed by atoms with E-state index in [1.165, 1.54) is 99.2 Å². The average Bonchev–Trinajstić information content (AvgIpc) is 3.42. The maximum atomic E-state index is 2.46. The third-order valence-corrected chi connectivity index (χ3v) is 14.8. The zero-order valence-electron chi connectivity index (χ0n) is 38.9. The van der Waals surface area contributed by atoms with Gasteiger partial charge >= 0.3 is 0 Å². The Morgan fingerprint density at radius 3 is 1.23 bits per heavy atom. The van der Waals surface area contributed by atoms with E-state index in [9.17, 15) is 0 Å². The lowest BCUT2D eigenvalue weighted by molar-refractivity contribution is 1.13. The number of hydrogen-bond acceptors (Lipinski definition) is 4. The lowest BCUT2D eigenvalue weighted by atomic mass is 9.83. The predicted octanol–water partition coefficient (Wildman–Crippen LogP) is 18.4. The fourth-order valence-electron chi connectivity index (χ4n) is 11.6. The van der Waals surface area contributed by atoms with Gasteiger partial charge in [0.05, 0.1) is 45.5 Å². The van der Waals surface area contributed by atoms with Crippen LogP contribution in [0.4, 0.5) is 56.9 Å². The van der Waals surface area contributed by atoms with Crippen LogP contribution in [0.2, 0.25) is 0 Å². The summed E-state index contributed by atoms with van der Waals surface area (Å²) >= 11 is 0. The maximum absolute atomic E-state index is 2.46. The molecule has 2 heterocycles. The molecule has 0 atom stereocenters. The Balaban J connectivity index is 1.09. The summed E-state index contributed by atoms with van der Waals surface area (Å²) in [5.41, 5.74) is 18.8. The van der Waals surface area contributed by atoms with Crippen LogP contribution < -0.4 is 19.6 Å². The van der Waals surface area contributed by atoms with Crippen molar-refractivity contribution >= 4 is 100.0 Å². The Morgan fingerprint density at radius 1 is 0.243 bits per heavy atom. The summed E-state index contributed by atoms with van der Waals surface area (Å²) in [5, 5.41) is 9.67. The molecule has 4 nitrogen and oxygen atoms in total. The summed E-state index contributed by atoms with van der Waals surface area (Å²) < 4.78 is 0. The average molecular weight is 895 g/mol. The molecule has 12 aromatic rings. The molecule has 2 aliphatic heterocycles. The molecule has 0 saturated carbocycles. The molecule has 2 aliphatic rings. The largest absolute Gasteiger partial charge is 0.341 e. The summed E-state index contributed by atoms with van der Waals surface area (Å²) in [6, 6.07) is 89.7. The van der Waals surface area contributed by atoms with Crippen molar-refractivity contribution in [2.45, 2.75) is 0 Å². The Morgan fingerprint density at radius 2 is 0.671 bits per heavy atom. The van der Waals surface area contributed by atoms with Crippen molar-refractivity contribution < 1.29 is 0 Å². The van der Waals surface area contributed by atoms with Gasteiger partial charge in [-0.3, -0.25) is 0 Å². The van der Waals surface area contributed by atoms with Crippen molar-refractivity contribution in [2.24, 2.45) is 0 Å². The van der Waals surface area contributed by atoms with Gasteiger partial charge in [-0.2, -0.15) is 0 Å². The van der Waals surface area contributed by atoms with Gasteiger partial charge in [0.15, 0.2) is 0 Å². The summed E-state index contributed by atoms with van der Waals surface area (Å²) in [4.78, 5) is 9.53. The number of fused-ring (bicyclic) bond motifs is 8. The predicted molar refractivity (Wildman–Crippen MR) is 298 cm³/mol. The number of hydrogen-bond donors (Lipinski definition) is 0. The van der Waals surface area contributed by atoms with E-state index in [0.29, 0.717) is 0 Å². The molecule has 0 aromatic heterocycles. The first-order valence-electron chi connectivity index (χ1n) is 24.1. The highest BCUT2D eigenvalue weighted by Crippen LogP contribution is 2.55. The standard InChI is InChI=1S/C66H46N4/c1-67-57-23-8-12-27-61(57)69(62-28-13-9-24-58(62)67)49-36-38-54-55(41-49)65(48-34-33-46-39-45(31-32-47(46)40-48)43-17-4-3-5-18-43)53-37-35-50(42-56(53)66(54)52-22-16-20-44-19-6-7-21-51(44)52)70-63-29-14-10-25-59(63)68(2)60-26-11-15-30-64(60)70/h3-42H,1-2H3. The fraction of sp³-hybridized carbons (Fsp3) is 0.0303. The SMILES string of the molecule is CN1c2ccccc2N(c2ccc3c(-c4cccc5ccccc45)c4cc(N5c6ccccc6N(C)c6ccccc65)ccc4c(-c4ccc5cc(-c6ccccc6)ccc5c4)c3c2)c2ccccc21. The van der Waals surface area contributed by atoms with E-state index in [4.69, 9.17) is 0 Å². The molecule has 0 aliphatic carbocycles. The van der Waals surface area contributed by atoms with Gasteiger partial charge in [0.25, 0.3) is 0 Å². The smallest absolute Gasteiger partial charge is 0.0699 e. The van der Waals surface area contributed by atoms with Crippen LogP contribution in [0.1, 0.15) is 0 Å². The van der Waals surface area contributed by atoms with E-state index in [2.05, 4.69) is 276 Å². The van der Waals surface area contributed by atoms with E-state index >= 15 is 0 Å². The van der Waals surface area contributed by atoms with Gasteiger partial charge in [0, 0.05) is 25.5 Å². The maximum Gasteiger partial charge on any atom is 0.0699 e. The van der Waals surface area contributed by atoms with E-state index in [-0.39, 0.29) is 0 Å². The van der Waals surface area contributed by atoms with Crippen molar-refractivity contribution in [3.05, 3.63) is 243 Å². The lowest BCUT2D eigenvalue weighted by Gasteiger charge is -2.39. The summed E-state index contributed by atoms with van der Waals surface area (Å²) in [6.45, 7) is 0. The second-order valence-electron chi connectivity index (χ2n) is 18.6.